The minimum absolute atomic E-state index is 0.0213. The lowest BCUT2D eigenvalue weighted by Gasteiger charge is -2.33. The Balaban J connectivity index is 1.93. The molecule has 0 aliphatic carbocycles. The summed E-state index contributed by atoms with van der Waals surface area (Å²) in [7, 11) is 1.32. The van der Waals surface area contributed by atoms with Crippen molar-refractivity contribution in [3.8, 4) is 11.5 Å². The summed E-state index contributed by atoms with van der Waals surface area (Å²) in [5.74, 6) is -0.422. The molecule has 0 fully saturated rings. The number of nitro groups is 1. The van der Waals surface area contributed by atoms with Crippen molar-refractivity contribution in [2.45, 2.75) is 52.2 Å². The van der Waals surface area contributed by atoms with Gasteiger partial charge in [-0.3, -0.25) is 19.7 Å². The molecule has 3 aromatic carbocycles. The quantitative estimate of drug-likeness (QED) is 0.279. The Morgan fingerprint density at radius 2 is 1.67 bits per heavy atom. The summed E-state index contributed by atoms with van der Waals surface area (Å²) >= 11 is 0. The van der Waals surface area contributed by atoms with Crippen LogP contribution in [0.1, 0.15) is 37.5 Å². The Morgan fingerprint density at radius 1 is 1.00 bits per heavy atom. The van der Waals surface area contributed by atoms with Crippen molar-refractivity contribution < 1.29 is 24.0 Å². The van der Waals surface area contributed by atoms with E-state index in [1.54, 1.807) is 0 Å². The molecular formula is C30H35N3O6. The largest absolute Gasteiger partial charge is 0.490 e. The molecule has 0 aromatic heterocycles. The van der Waals surface area contributed by atoms with Crippen LogP contribution < -0.4 is 14.8 Å². The van der Waals surface area contributed by atoms with Gasteiger partial charge in [0.2, 0.25) is 11.7 Å². The topological polar surface area (TPSA) is 111 Å². The molecule has 0 radical (unpaired) electrons. The maximum absolute atomic E-state index is 13.7. The van der Waals surface area contributed by atoms with Crippen molar-refractivity contribution >= 4 is 17.5 Å². The Kier molecular flexibility index (Phi) is 9.65. The number of amides is 2. The first kappa shape index (κ1) is 29.2. The van der Waals surface area contributed by atoms with Crippen molar-refractivity contribution in [3.63, 3.8) is 0 Å². The van der Waals surface area contributed by atoms with Crippen molar-refractivity contribution in [2.24, 2.45) is 0 Å². The molecule has 1 atom stereocenters. The number of carbonyl (C=O) groups is 2. The van der Waals surface area contributed by atoms with Gasteiger partial charge >= 0.3 is 5.69 Å². The fraction of sp³-hybridized carbons (Fsp3) is 0.333. The van der Waals surface area contributed by atoms with Gasteiger partial charge in [0.25, 0.3) is 5.91 Å². The van der Waals surface area contributed by atoms with E-state index in [4.69, 9.17) is 9.47 Å². The Morgan fingerprint density at radius 3 is 2.26 bits per heavy atom. The number of hydrogen-bond acceptors (Lipinski definition) is 6. The first-order valence-corrected chi connectivity index (χ1v) is 12.6. The van der Waals surface area contributed by atoms with Gasteiger partial charge in [-0.05, 0) is 44.9 Å². The molecular weight excluding hydrogens is 498 g/mol. The number of hydrogen-bond donors (Lipinski definition) is 1. The van der Waals surface area contributed by atoms with Gasteiger partial charge in [-0.2, -0.15) is 0 Å². The highest BCUT2D eigenvalue weighted by molar-refractivity contribution is 5.89. The predicted octanol–water partition coefficient (Wildman–Crippen LogP) is 4.85. The van der Waals surface area contributed by atoms with Crippen LogP contribution in [0.3, 0.4) is 0 Å². The van der Waals surface area contributed by atoms with Crippen LogP contribution in [0.4, 0.5) is 5.69 Å². The summed E-state index contributed by atoms with van der Waals surface area (Å²) in [5, 5.41) is 14.2. The summed E-state index contributed by atoms with van der Waals surface area (Å²) in [6, 6.07) is 20.5. The average Bonchev–Trinajstić information content (AvgIpc) is 2.89. The molecule has 0 spiro atoms. The first-order valence-electron chi connectivity index (χ1n) is 12.6. The molecule has 0 aliphatic rings. The fourth-order valence-electron chi connectivity index (χ4n) is 4.02. The standard InChI is InChI=1S/C30H35N3O6/c1-21-11-13-23(14-12-21)19-32(26(29(35)31-30(2,3)4)17-22-9-7-6-8-10-22)28(34)20-39-24-15-16-25(33(36)37)27(18-24)38-5/h6-16,18,26H,17,19-20H2,1-5H3,(H,31,35)/t26-/m0/s1. The third-order valence-corrected chi connectivity index (χ3v) is 5.95. The number of rotatable bonds is 11. The Bertz CT molecular complexity index is 1290. The molecule has 3 rings (SSSR count). The van der Waals surface area contributed by atoms with Crippen LogP contribution in [0.25, 0.3) is 0 Å². The highest BCUT2D eigenvalue weighted by Gasteiger charge is 2.32. The van der Waals surface area contributed by atoms with Crippen molar-refractivity contribution in [2.75, 3.05) is 13.7 Å². The van der Waals surface area contributed by atoms with Crippen LogP contribution in [0.2, 0.25) is 0 Å². The molecule has 0 saturated carbocycles. The minimum atomic E-state index is -0.810. The third kappa shape index (κ3) is 8.56. The van der Waals surface area contributed by atoms with Crippen LogP contribution in [0.15, 0.2) is 72.8 Å². The summed E-state index contributed by atoms with van der Waals surface area (Å²) in [4.78, 5) is 39.5. The molecule has 3 aromatic rings. The number of nitrogens with zero attached hydrogens (tertiary/aromatic N) is 2. The number of nitrogens with one attached hydrogen (secondary N) is 1. The second-order valence-electron chi connectivity index (χ2n) is 10.3. The summed E-state index contributed by atoms with van der Waals surface area (Å²) in [6.07, 6.45) is 0.311. The maximum atomic E-state index is 13.7. The number of carbonyl (C=O) groups excluding carboxylic acids is 2. The molecule has 206 valence electrons. The molecule has 2 amide bonds. The summed E-state index contributed by atoms with van der Waals surface area (Å²) in [6.45, 7) is 7.47. The molecule has 0 aliphatic heterocycles. The molecule has 9 nitrogen and oxygen atoms in total. The normalized spacial score (nSPS) is 11.8. The minimum Gasteiger partial charge on any atom is -0.490 e. The van der Waals surface area contributed by atoms with Crippen LogP contribution in [0, 0.1) is 17.0 Å². The highest BCUT2D eigenvalue weighted by atomic mass is 16.6. The van der Waals surface area contributed by atoms with E-state index in [0.717, 1.165) is 16.7 Å². The molecule has 0 unspecified atom stereocenters. The second kappa shape index (κ2) is 12.9. The second-order valence-corrected chi connectivity index (χ2v) is 10.3. The van der Waals surface area contributed by atoms with Gasteiger partial charge in [-0.1, -0.05) is 60.2 Å². The zero-order chi connectivity index (χ0) is 28.6. The van der Waals surface area contributed by atoms with Gasteiger partial charge < -0.3 is 19.7 Å². The van der Waals surface area contributed by atoms with E-state index in [-0.39, 0.29) is 36.2 Å². The number of methoxy groups -OCH3 is 1. The van der Waals surface area contributed by atoms with Gasteiger partial charge in [-0.15, -0.1) is 0 Å². The van der Waals surface area contributed by atoms with Crippen LogP contribution in [-0.2, 0) is 22.6 Å². The van der Waals surface area contributed by atoms with Crippen LogP contribution >= 0.6 is 0 Å². The smallest absolute Gasteiger partial charge is 0.311 e. The Hall–Kier alpha value is -4.40. The number of aryl methyl sites for hydroxylation is 1. The predicted molar refractivity (Wildman–Crippen MR) is 149 cm³/mol. The van der Waals surface area contributed by atoms with Crippen LogP contribution in [-0.4, -0.2) is 46.9 Å². The number of benzene rings is 3. The van der Waals surface area contributed by atoms with Crippen molar-refractivity contribution in [1.82, 2.24) is 10.2 Å². The Labute approximate surface area is 228 Å². The van der Waals surface area contributed by atoms with E-state index < -0.39 is 22.4 Å². The van der Waals surface area contributed by atoms with Gasteiger partial charge in [-0.25, -0.2) is 0 Å². The van der Waals surface area contributed by atoms with Crippen LogP contribution in [0.5, 0.6) is 11.5 Å². The molecule has 39 heavy (non-hydrogen) atoms. The van der Waals surface area contributed by atoms with E-state index in [1.165, 1.54) is 30.2 Å². The highest BCUT2D eigenvalue weighted by Crippen LogP contribution is 2.31. The first-order chi connectivity index (χ1) is 18.5. The van der Waals surface area contributed by atoms with E-state index in [9.17, 15) is 19.7 Å². The molecule has 0 bridgehead atoms. The van der Waals surface area contributed by atoms with E-state index in [0.29, 0.717) is 6.42 Å². The molecule has 1 N–H and O–H groups in total. The fourth-order valence-corrected chi connectivity index (χ4v) is 4.02. The van der Waals surface area contributed by atoms with Gasteiger partial charge in [0, 0.05) is 30.6 Å². The molecule has 0 heterocycles. The van der Waals surface area contributed by atoms with Gasteiger partial charge in [0.15, 0.2) is 6.61 Å². The number of nitro benzene ring substituents is 1. The monoisotopic (exact) mass is 533 g/mol. The lowest BCUT2D eigenvalue weighted by Crippen LogP contribution is -2.55. The molecule has 0 saturated heterocycles. The lowest BCUT2D eigenvalue weighted by atomic mass is 10.0. The van der Waals surface area contributed by atoms with E-state index in [2.05, 4.69) is 5.32 Å². The van der Waals surface area contributed by atoms with Crippen molar-refractivity contribution in [1.29, 1.82) is 0 Å². The SMILES string of the molecule is COc1cc(OCC(=O)N(Cc2ccc(C)cc2)[C@@H](Cc2ccccc2)C(=O)NC(C)(C)C)ccc1[N+](=O)[O-]. The van der Waals surface area contributed by atoms with E-state index in [1.807, 2.05) is 82.3 Å². The zero-order valence-corrected chi connectivity index (χ0v) is 23.0. The third-order valence-electron chi connectivity index (χ3n) is 5.95. The summed E-state index contributed by atoms with van der Waals surface area (Å²) < 4.78 is 10.8. The average molecular weight is 534 g/mol. The summed E-state index contributed by atoms with van der Waals surface area (Å²) in [5.41, 5.74) is 2.15. The van der Waals surface area contributed by atoms with Gasteiger partial charge in [0.05, 0.1) is 12.0 Å². The maximum Gasteiger partial charge on any atom is 0.311 e. The van der Waals surface area contributed by atoms with Gasteiger partial charge in [0.1, 0.15) is 11.8 Å². The van der Waals surface area contributed by atoms with Crippen molar-refractivity contribution in [3.05, 3.63) is 99.6 Å². The lowest BCUT2D eigenvalue weighted by molar-refractivity contribution is -0.385. The molecule has 9 heteroatoms. The van der Waals surface area contributed by atoms with E-state index >= 15 is 0 Å². The zero-order valence-electron chi connectivity index (χ0n) is 23.0. The number of ether oxygens (including phenoxy) is 2.